The van der Waals surface area contributed by atoms with Crippen LogP contribution in [0.5, 0.6) is 0 Å². The molecule has 0 aromatic rings. The zero-order chi connectivity index (χ0) is 11.4. The van der Waals surface area contributed by atoms with Gasteiger partial charge >= 0.3 is 8.80 Å². The van der Waals surface area contributed by atoms with Gasteiger partial charge in [-0.15, -0.1) is 12.4 Å². The van der Waals surface area contributed by atoms with Gasteiger partial charge in [0.15, 0.2) is 0 Å². The number of allylic oxidation sites excluding steroid dienone is 1. The number of hydrogen-bond donors (Lipinski definition) is 1. The smallest absolute Gasteiger partial charge is 0.405 e. The molecular formula is C9H24ClNO3Si. The summed E-state index contributed by atoms with van der Waals surface area (Å²) in [4.78, 5) is 0. The minimum atomic E-state index is -2.22. The van der Waals surface area contributed by atoms with E-state index in [-0.39, 0.29) is 12.4 Å². The Labute approximate surface area is 101 Å². The third kappa shape index (κ3) is 10.2. The Morgan fingerprint density at radius 1 is 1.13 bits per heavy atom. The lowest BCUT2D eigenvalue weighted by Crippen LogP contribution is -2.42. The van der Waals surface area contributed by atoms with Gasteiger partial charge in [0, 0.05) is 27.4 Å². The van der Waals surface area contributed by atoms with Crippen LogP contribution in [0, 0.1) is 0 Å². The Bertz CT molecular complexity index is 131. The van der Waals surface area contributed by atoms with Crippen molar-refractivity contribution in [1.29, 1.82) is 0 Å². The molecule has 0 rings (SSSR count). The Morgan fingerprint density at radius 2 is 1.47 bits per heavy atom. The SMILES string of the molecule is CC=CN.CCC[Si](OC)(OC)OC.Cl. The van der Waals surface area contributed by atoms with Crippen molar-refractivity contribution in [2.75, 3.05) is 21.3 Å². The molecule has 0 aromatic heterocycles. The molecule has 0 fully saturated rings. The second-order valence-corrected chi connectivity index (χ2v) is 5.66. The summed E-state index contributed by atoms with van der Waals surface area (Å²) in [5.41, 5.74) is 4.85. The largest absolute Gasteiger partial charge is 0.500 e. The van der Waals surface area contributed by atoms with E-state index in [2.05, 4.69) is 6.92 Å². The fourth-order valence-corrected chi connectivity index (χ4v) is 2.59. The van der Waals surface area contributed by atoms with Crippen LogP contribution < -0.4 is 5.73 Å². The van der Waals surface area contributed by atoms with Gasteiger partial charge < -0.3 is 19.0 Å². The Balaban J connectivity index is -0.000000249. The van der Waals surface area contributed by atoms with Crippen LogP contribution in [0.3, 0.4) is 0 Å². The molecule has 0 heterocycles. The minimum absolute atomic E-state index is 0. The van der Waals surface area contributed by atoms with Crippen LogP contribution in [0.15, 0.2) is 12.3 Å². The standard InChI is InChI=1S/C6H16O3Si.C3H7N.ClH/c1-5-6-10(7-2,8-3)9-4;1-2-3-4;/h5-6H2,1-4H3;2-3H,4H2,1H3;1H. The van der Waals surface area contributed by atoms with Crippen molar-refractivity contribution >= 4 is 21.2 Å². The predicted octanol–water partition coefficient (Wildman–Crippen LogP) is 2.18. The molecule has 4 nitrogen and oxygen atoms in total. The van der Waals surface area contributed by atoms with Gasteiger partial charge in [-0.2, -0.15) is 0 Å². The Hall–Kier alpha value is -0.0731. The average molecular weight is 258 g/mol. The topological polar surface area (TPSA) is 53.7 Å². The molecule has 0 aromatic carbocycles. The van der Waals surface area contributed by atoms with Crippen molar-refractivity contribution in [2.45, 2.75) is 26.3 Å². The first-order valence-corrected chi connectivity index (χ1v) is 6.57. The maximum Gasteiger partial charge on any atom is 0.500 e. The molecule has 0 bridgehead atoms. The van der Waals surface area contributed by atoms with Gasteiger partial charge in [-0.25, -0.2) is 0 Å². The van der Waals surface area contributed by atoms with Gasteiger partial charge in [0.25, 0.3) is 0 Å². The molecule has 0 aliphatic carbocycles. The monoisotopic (exact) mass is 257 g/mol. The first kappa shape index (κ1) is 20.4. The Kier molecular flexibility index (Phi) is 18.9. The number of rotatable bonds is 5. The normalized spacial score (nSPS) is 10.5. The zero-order valence-corrected chi connectivity index (χ0v) is 12.1. The fraction of sp³-hybridized carbons (Fsp3) is 0.778. The maximum atomic E-state index is 5.17. The summed E-state index contributed by atoms with van der Waals surface area (Å²) in [5.74, 6) is 0. The molecule has 0 radical (unpaired) electrons. The van der Waals surface area contributed by atoms with Gasteiger partial charge in [-0.3, -0.25) is 0 Å². The molecule has 2 N–H and O–H groups in total. The second-order valence-electron chi connectivity index (χ2n) is 2.57. The summed E-state index contributed by atoms with van der Waals surface area (Å²) in [5, 5.41) is 0. The van der Waals surface area contributed by atoms with E-state index in [4.69, 9.17) is 19.0 Å². The first-order chi connectivity index (χ1) is 6.66. The van der Waals surface area contributed by atoms with Crippen molar-refractivity contribution in [1.82, 2.24) is 0 Å². The third-order valence-electron chi connectivity index (χ3n) is 1.68. The zero-order valence-electron chi connectivity index (χ0n) is 10.3. The molecule has 6 heteroatoms. The molecule has 0 saturated carbocycles. The van der Waals surface area contributed by atoms with Crippen molar-refractivity contribution in [3.8, 4) is 0 Å². The molecule has 0 amide bonds. The van der Waals surface area contributed by atoms with E-state index < -0.39 is 8.80 Å². The van der Waals surface area contributed by atoms with Crippen LogP contribution >= 0.6 is 12.4 Å². The fourth-order valence-electron chi connectivity index (χ4n) is 0.862. The van der Waals surface area contributed by atoms with E-state index in [1.54, 1.807) is 27.4 Å². The maximum absolute atomic E-state index is 5.17. The lowest BCUT2D eigenvalue weighted by molar-refractivity contribution is 0.123. The number of hydrogen-bond acceptors (Lipinski definition) is 4. The highest BCUT2D eigenvalue weighted by Gasteiger charge is 2.36. The summed E-state index contributed by atoms with van der Waals surface area (Å²) in [6.07, 6.45) is 4.31. The van der Waals surface area contributed by atoms with Gasteiger partial charge in [0.1, 0.15) is 0 Å². The molecule has 0 spiro atoms. The molecule has 94 valence electrons. The van der Waals surface area contributed by atoms with Crippen LogP contribution in [0.1, 0.15) is 20.3 Å². The second kappa shape index (κ2) is 13.9. The molecule has 0 unspecified atom stereocenters. The van der Waals surface area contributed by atoms with Crippen LogP contribution in [-0.4, -0.2) is 30.1 Å². The molecule has 0 aliphatic rings. The first-order valence-electron chi connectivity index (χ1n) is 4.64. The molecule has 0 saturated heterocycles. The van der Waals surface area contributed by atoms with E-state index in [0.717, 1.165) is 12.5 Å². The van der Waals surface area contributed by atoms with Crippen molar-refractivity contribution in [3.63, 3.8) is 0 Å². The predicted molar refractivity (Wildman–Crippen MR) is 68.1 cm³/mol. The van der Waals surface area contributed by atoms with Gasteiger partial charge in [-0.1, -0.05) is 19.4 Å². The van der Waals surface area contributed by atoms with E-state index in [9.17, 15) is 0 Å². The highest BCUT2D eigenvalue weighted by Crippen LogP contribution is 2.13. The quantitative estimate of drug-likeness (QED) is 0.767. The van der Waals surface area contributed by atoms with Crippen molar-refractivity contribution < 1.29 is 13.3 Å². The Morgan fingerprint density at radius 3 is 1.53 bits per heavy atom. The van der Waals surface area contributed by atoms with Crippen LogP contribution in [-0.2, 0) is 13.3 Å². The lowest BCUT2D eigenvalue weighted by Gasteiger charge is -2.23. The van der Waals surface area contributed by atoms with Gasteiger partial charge in [0.05, 0.1) is 0 Å². The molecule has 0 aliphatic heterocycles. The van der Waals surface area contributed by atoms with E-state index in [1.807, 2.05) is 6.92 Å². The summed E-state index contributed by atoms with van der Waals surface area (Å²) < 4.78 is 15.5. The molecule has 15 heavy (non-hydrogen) atoms. The highest BCUT2D eigenvalue weighted by molar-refractivity contribution is 6.60. The lowest BCUT2D eigenvalue weighted by atomic mass is 10.6. The summed E-state index contributed by atoms with van der Waals surface area (Å²) in [7, 11) is 2.68. The van der Waals surface area contributed by atoms with Crippen LogP contribution in [0.4, 0.5) is 0 Å². The summed E-state index contributed by atoms with van der Waals surface area (Å²) >= 11 is 0. The summed E-state index contributed by atoms with van der Waals surface area (Å²) in [6.45, 7) is 3.96. The van der Waals surface area contributed by atoms with Crippen LogP contribution in [0.25, 0.3) is 0 Å². The van der Waals surface area contributed by atoms with E-state index in [1.165, 1.54) is 6.20 Å². The van der Waals surface area contributed by atoms with E-state index >= 15 is 0 Å². The molecular weight excluding hydrogens is 234 g/mol. The van der Waals surface area contributed by atoms with Crippen molar-refractivity contribution in [2.24, 2.45) is 5.73 Å². The van der Waals surface area contributed by atoms with Gasteiger partial charge in [-0.05, 0) is 13.1 Å². The average Bonchev–Trinajstić information content (AvgIpc) is 2.26. The number of nitrogens with two attached hydrogens (primary N) is 1. The number of halogens is 1. The van der Waals surface area contributed by atoms with Crippen molar-refractivity contribution in [3.05, 3.63) is 12.3 Å². The van der Waals surface area contributed by atoms with Crippen LogP contribution in [0.2, 0.25) is 6.04 Å². The minimum Gasteiger partial charge on any atom is -0.405 e. The van der Waals surface area contributed by atoms with Gasteiger partial charge in [0.2, 0.25) is 0 Å². The summed E-state index contributed by atoms with van der Waals surface area (Å²) in [6, 6.07) is 0.885. The third-order valence-corrected chi connectivity index (χ3v) is 4.66. The van der Waals surface area contributed by atoms with E-state index in [0.29, 0.717) is 0 Å². The highest BCUT2D eigenvalue weighted by atomic mass is 35.5. The molecule has 0 atom stereocenters.